The number of carboxylic acid groups (broad SMARTS) is 1. The molecule has 0 aliphatic carbocycles. The molecule has 23 N–H and O–H groups in total. The van der Waals surface area contributed by atoms with Gasteiger partial charge in [0.1, 0.15) is 48.3 Å². The standard InChI is InChI=1S/C39H70N14O15/c1-17(42)31(59)50-24(15-27(44)57)35(63)47-22(11-12-26(43)56)33(61)51-25(16-28(45)58)36(64)53-30(20(4)55)38(66)48-21(9-5-7-13-40)34(62)52-29(19(3)54)37(65)46-18(2)32(60)49-23(39(67)68)10-6-8-14-41/h17-25,29-30,54-55H,5-16,40-42H2,1-4H3,(H2,43,56)(H2,44,57)(H2,45,58)(H,46,65)(H,47,63)(H,48,66)(H,49,60)(H,50,59)(H,51,61)(H,52,62)(H,53,64)(H,67,68). The lowest BCUT2D eigenvalue weighted by atomic mass is 10.0. The Bertz CT molecular complexity index is 1780. The van der Waals surface area contributed by atoms with Crippen LogP contribution in [0.15, 0.2) is 0 Å². The molecule has 0 aromatic carbocycles. The summed E-state index contributed by atoms with van der Waals surface area (Å²) in [5.41, 5.74) is 32.4. The molecule has 0 aliphatic heterocycles. The number of rotatable bonds is 34. The minimum atomic E-state index is -1.94. The van der Waals surface area contributed by atoms with Crippen LogP contribution in [0.25, 0.3) is 0 Å². The van der Waals surface area contributed by atoms with Gasteiger partial charge in [0.2, 0.25) is 65.0 Å². The lowest BCUT2D eigenvalue weighted by molar-refractivity contribution is -0.142. The summed E-state index contributed by atoms with van der Waals surface area (Å²) in [5, 5.41) is 48.5. The first-order valence-electron chi connectivity index (χ1n) is 21.7. The zero-order valence-electron chi connectivity index (χ0n) is 38.5. The average molecular weight is 975 g/mol. The fraction of sp³-hybridized carbons (Fsp3) is 0.692. The molecule has 29 heteroatoms. The van der Waals surface area contributed by atoms with Crippen LogP contribution in [0.5, 0.6) is 0 Å². The van der Waals surface area contributed by atoms with Gasteiger partial charge >= 0.3 is 5.97 Å². The lowest BCUT2D eigenvalue weighted by Crippen LogP contribution is -2.63. The van der Waals surface area contributed by atoms with Gasteiger partial charge in [-0.1, -0.05) is 0 Å². The van der Waals surface area contributed by atoms with Crippen LogP contribution < -0.4 is 76.9 Å². The Balaban J connectivity index is 6.43. The van der Waals surface area contributed by atoms with Gasteiger partial charge in [0.05, 0.1) is 31.1 Å². The number of aliphatic carboxylic acids is 1. The third kappa shape index (κ3) is 23.8. The van der Waals surface area contributed by atoms with Crippen molar-refractivity contribution >= 4 is 70.9 Å². The molecule has 0 radical (unpaired) electrons. The fourth-order valence-corrected chi connectivity index (χ4v) is 5.98. The summed E-state index contributed by atoms with van der Waals surface area (Å²) in [6, 6.07) is -14.4. The van der Waals surface area contributed by atoms with Crippen LogP contribution in [-0.4, -0.2) is 166 Å². The summed E-state index contributed by atoms with van der Waals surface area (Å²) in [6.45, 7) is 5.14. The van der Waals surface area contributed by atoms with Gasteiger partial charge < -0.3 is 92.3 Å². The van der Waals surface area contributed by atoms with Gasteiger partial charge in [-0.2, -0.15) is 0 Å². The number of nitrogens with one attached hydrogen (secondary N) is 8. The van der Waals surface area contributed by atoms with E-state index < -0.39 is 163 Å². The van der Waals surface area contributed by atoms with Crippen LogP contribution in [0, 0.1) is 0 Å². The van der Waals surface area contributed by atoms with E-state index in [4.69, 9.17) is 34.4 Å². The van der Waals surface area contributed by atoms with Gasteiger partial charge in [-0.15, -0.1) is 0 Å². The summed E-state index contributed by atoms with van der Waals surface area (Å²) in [4.78, 5) is 153. The maximum Gasteiger partial charge on any atom is 0.326 e. The third-order valence-corrected chi connectivity index (χ3v) is 9.82. The van der Waals surface area contributed by atoms with Gasteiger partial charge in [-0.05, 0) is 85.7 Å². The number of hydrogen-bond acceptors (Lipinski definition) is 17. The van der Waals surface area contributed by atoms with Crippen LogP contribution in [0.3, 0.4) is 0 Å². The van der Waals surface area contributed by atoms with E-state index in [1.807, 2.05) is 0 Å². The van der Waals surface area contributed by atoms with E-state index in [0.717, 1.165) is 13.8 Å². The molecule has 0 spiro atoms. The summed E-state index contributed by atoms with van der Waals surface area (Å²) < 4.78 is 0. The Labute approximate surface area is 391 Å². The number of nitrogens with two attached hydrogens (primary N) is 6. The number of unbranched alkanes of at least 4 members (excludes halogenated alkanes) is 2. The SMILES string of the molecule is CC(N)C(=O)NC(CC(N)=O)C(=O)NC(CCC(N)=O)C(=O)NC(CC(N)=O)C(=O)NC(C(=O)NC(CCCCN)C(=O)NC(C(=O)NC(C)C(=O)NC(CCCCN)C(=O)O)C(C)O)C(C)O. The Kier molecular flexibility index (Phi) is 28.4. The fourth-order valence-electron chi connectivity index (χ4n) is 5.98. The molecule has 0 fully saturated rings. The Morgan fingerprint density at radius 1 is 0.426 bits per heavy atom. The predicted octanol–water partition coefficient (Wildman–Crippen LogP) is -8.65. The Morgan fingerprint density at radius 2 is 0.779 bits per heavy atom. The highest BCUT2D eigenvalue weighted by atomic mass is 16.4. The summed E-state index contributed by atoms with van der Waals surface area (Å²) in [5.74, 6) is -13.3. The predicted molar refractivity (Wildman–Crippen MR) is 238 cm³/mol. The van der Waals surface area contributed by atoms with Crippen molar-refractivity contribution in [1.29, 1.82) is 0 Å². The lowest BCUT2D eigenvalue weighted by Gasteiger charge is -2.29. The van der Waals surface area contributed by atoms with Crippen LogP contribution in [0.2, 0.25) is 0 Å². The normalized spacial score (nSPS) is 15.8. The zero-order chi connectivity index (χ0) is 52.4. The highest BCUT2D eigenvalue weighted by molar-refractivity contribution is 6.00. The van der Waals surface area contributed by atoms with Crippen molar-refractivity contribution in [3.63, 3.8) is 0 Å². The number of hydrogen-bond donors (Lipinski definition) is 17. The molecule has 0 aliphatic rings. The minimum absolute atomic E-state index is 0.0513. The van der Waals surface area contributed by atoms with Crippen molar-refractivity contribution in [2.45, 2.75) is 158 Å². The van der Waals surface area contributed by atoms with Crippen molar-refractivity contribution < 1.29 is 72.9 Å². The number of amides is 11. The monoisotopic (exact) mass is 975 g/mol. The second kappa shape index (κ2) is 31.4. The molecule has 68 heavy (non-hydrogen) atoms. The van der Waals surface area contributed by atoms with Crippen molar-refractivity contribution in [2.75, 3.05) is 13.1 Å². The first kappa shape index (κ1) is 61.4. The van der Waals surface area contributed by atoms with E-state index in [1.54, 1.807) is 0 Å². The number of carbonyl (C=O) groups excluding carboxylic acids is 11. The molecule has 0 saturated carbocycles. The van der Waals surface area contributed by atoms with Gasteiger partial charge in [0, 0.05) is 6.42 Å². The van der Waals surface area contributed by atoms with E-state index >= 15 is 0 Å². The first-order chi connectivity index (χ1) is 31.7. The molecular weight excluding hydrogens is 905 g/mol. The number of primary amides is 3. The smallest absolute Gasteiger partial charge is 0.326 e. The number of aliphatic hydroxyl groups excluding tert-OH is 2. The molecule has 11 amide bonds. The molecule has 0 aromatic rings. The van der Waals surface area contributed by atoms with Crippen LogP contribution in [0.1, 0.15) is 91.9 Å². The van der Waals surface area contributed by atoms with E-state index in [-0.39, 0.29) is 25.8 Å². The molecule has 11 atom stereocenters. The van der Waals surface area contributed by atoms with Crippen LogP contribution in [-0.2, 0) is 57.5 Å². The van der Waals surface area contributed by atoms with E-state index in [1.165, 1.54) is 13.8 Å². The minimum Gasteiger partial charge on any atom is -0.480 e. The number of carbonyl (C=O) groups is 12. The topological polar surface area (TPSA) is 518 Å². The zero-order valence-corrected chi connectivity index (χ0v) is 38.5. The van der Waals surface area contributed by atoms with Crippen molar-refractivity contribution in [2.24, 2.45) is 34.4 Å². The maximum absolute atomic E-state index is 13.7. The molecule has 0 aromatic heterocycles. The summed E-state index contributed by atoms with van der Waals surface area (Å²) in [7, 11) is 0. The van der Waals surface area contributed by atoms with Crippen molar-refractivity contribution in [1.82, 2.24) is 42.5 Å². The number of carboxylic acids is 1. The summed E-state index contributed by atoms with van der Waals surface area (Å²) in [6.07, 6.45) is -4.82. The van der Waals surface area contributed by atoms with Gasteiger partial charge in [-0.25, -0.2) is 4.79 Å². The second-order valence-electron chi connectivity index (χ2n) is 16.0. The highest BCUT2D eigenvalue weighted by Crippen LogP contribution is 2.08. The molecule has 0 saturated heterocycles. The van der Waals surface area contributed by atoms with E-state index in [9.17, 15) is 72.9 Å². The van der Waals surface area contributed by atoms with Gasteiger partial charge in [0.15, 0.2) is 0 Å². The molecule has 0 bridgehead atoms. The third-order valence-electron chi connectivity index (χ3n) is 9.82. The van der Waals surface area contributed by atoms with Gasteiger partial charge in [-0.3, -0.25) is 52.7 Å². The first-order valence-corrected chi connectivity index (χ1v) is 21.7. The van der Waals surface area contributed by atoms with Crippen LogP contribution >= 0.6 is 0 Å². The quantitative estimate of drug-likeness (QED) is 0.0266. The molecule has 0 rings (SSSR count). The van der Waals surface area contributed by atoms with Gasteiger partial charge in [0.25, 0.3) is 0 Å². The largest absolute Gasteiger partial charge is 0.480 e. The van der Waals surface area contributed by atoms with Crippen LogP contribution in [0.4, 0.5) is 0 Å². The maximum atomic E-state index is 13.7. The molecule has 11 unspecified atom stereocenters. The summed E-state index contributed by atoms with van der Waals surface area (Å²) >= 11 is 0. The van der Waals surface area contributed by atoms with E-state index in [2.05, 4.69) is 42.5 Å². The molecule has 386 valence electrons. The number of aliphatic hydroxyl groups is 2. The van der Waals surface area contributed by atoms with Crippen molar-refractivity contribution in [3.05, 3.63) is 0 Å². The molecule has 0 heterocycles. The van der Waals surface area contributed by atoms with E-state index in [0.29, 0.717) is 25.8 Å². The molecule has 29 nitrogen and oxygen atoms in total. The second-order valence-corrected chi connectivity index (χ2v) is 16.0. The Hall–Kier alpha value is -6.56. The Morgan fingerprint density at radius 3 is 1.19 bits per heavy atom. The molecular formula is C39H70N14O15. The van der Waals surface area contributed by atoms with Crippen molar-refractivity contribution in [3.8, 4) is 0 Å². The highest BCUT2D eigenvalue weighted by Gasteiger charge is 2.37. The average Bonchev–Trinajstić information content (AvgIpc) is 3.23.